The molecule has 1 N–H and O–H groups in total. The summed E-state index contributed by atoms with van der Waals surface area (Å²) in [6, 6.07) is 5.02. The molecule has 0 saturated carbocycles. The van der Waals surface area contributed by atoms with Crippen molar-refractivity contribution in [3.05, 3.63) is 30.1 Å². The van der Waals surface area contributed by atoms with E-state index in [0.29, 0.717) is 12.8 Å². The zero-order chi connectivity index (χ0) is 11.5. The number of hydrogen-bond acceptors (Lipinski definition) is 4. The number of aromatic nitrogens is 2. The van der Waals surface area contributed by atoms with Crippen molar-refractivity contribution in [2.45, 2.75) is 12.8 Å². The quantitative estimate of drug-likeness (QED) is 0.788. The summed E-state index contributed by atoms with van der Waals surface area (Å²) in [6.45, 7) is 0. The van der Waals surface area contributed by atoms with Gasteiger partial charge in [-0.2, -0.15) is 5.10 Å². The van der Waals surface area contributed by atoms with Crippen molar-refractivity contribution >= 4 is 11.5 Å². The molecule has 2 heterocycles. The molecule has 0 aliphatic rings. The molecule has 0 aromatic carbocycles. The van der Waals surface area contributed by atoms with Crippen LogP contribution >= 0.6 is 0 Å². The first-order valence-corrected chi connectivity index (χ1v) is 4.93. The number of hydrogen-bond donors (Lipinski definition) is 1. The number of carbonyl (C=O) groups is 1. The fraction of sp³-hybridized carbons (Fsp3) is 0.273. The normalized spacial score (nSPS) is 10.6. The molecular weight excluding hydrogens is 208 g/mol. The van der Waals surface area contributed by atoms with Crippen molar-refractivity contribution in [3.8, 4) is 5.75 Å². The van der Waals surface area contributed by atoms with Gasteiger partial charge in [-0.05, 0) is 12.1 Å². The van der Waals surface area contributed by atoms with E-state index in [-0.39, 0.29) is 11.7 Å². The van der Waals surface area contributed by atoms with Crippen LogP contribution in [0.2, 0.25) is 0 Å². The standard InChI is InChI=1S/C11H12N2O3/c1-16-11(15)3-2-8-6-9-7-10(14)4-5-13(9)12-8/h4-7,14H,2-3H2,1H3. The molecule has 2 aromatic rings. The van der Waals surface area contributed by atoms with Gasteiger partial charge in [0.05, 0.1) is 24.7 Å². The number of aryl methyl sites for hydroxylation is 1. The monoisotopic (exact) mass is 220 g/mol. The van der Waals surface area contributed by atoms with Crippen LogP contribution in [0.25, 0.3) is 5.52 Å². The lowest BCUT2D eigenvalue weighted by Gasteiger charge is -1.95. The number of carbonyl (C=O) groups excluding carboxylic acids is 1. The minimum absolute atomic E-state index is 0.201. The summed E-state index contributed by atoms with van der Waals surface area (Å²) in [5, 5.41) is 13.5. The van der Waals surface area contributed by atoms with Crippen molar-refractivity contribution < 1.29 is 14.6 Å². The van der Waals surface area contributed by atoms with Gasteiger partial charge in [-0.1, -0.05) is 0 Å². The molecular formula is C11H12N2O3. The van der Waals surface area contributed by atoms with Crippen molar-refractivity contribution in [2.75, 3.05) is 7.11 Å². The lowest BCUT2D eigenvalue weighted by Crippen LogP contribution is -2.02. The van der Waals surface area contributed by atoms with Crippen LogP contribution in [-0.4, -0.2) is 27.8 Å². The number of pyridine rings is 1. The largest absolute Gasteiger partial charge is 0.508 e. The molecule has 0 bridgehead atoms. The second-order valence-corrected chi connectivity index (χ2v) is 3.47. The Bertz CT molecular complexity index is 519. The van der Waals surface area contributed by atoms with E-state index in [4.69, 9.17) is 0 Å². The zero-order valence-electron chi connectivity index (χ0n) is 8.88. The Morgan fingerprint density at radius 2 is 2.38 bits per heavy atom. The van der Waals surface area contributed by atoms with Crippen molar-refractivity contribution in [3.63, 3.8) is 0 Å². The van der Waals surface area contributed by atoms with Crippen LogP contribution in [0.4, 0.5) is 0 Å². The molecule has 16 heavy (non-hydrogen) atoms. The Balaban J connectivity index is 2.16. The van der Waals surface area contributed by atoms with Crippen LogP contribution in [0.1, 0.15) is 12.1 Å². The maximum atomic E-state index is 11.0. The summed E-state index contributed by atoms with van der Waals surface area (Å²) in [5.74, 6) is -0.0492. The van der Waals surface area contributed by atoms with E-state index in [1.165, 1.54) is 7.11 Å². The van der Waals surface area contributed by atoms with Crippen LogP contribution in [-0.2, 0) is 16.0 Å². The summed E-state index contributed by atoms with van der Waals surface area (Å²) >= 11 is 0. The van der Waals surface area contributed by atoms with E-state index in [1.54, 1.807) is 22.8 Å². The van der Waals surface area contributed by atoms with Crippen molar-refractivity contribution in [1.29, 1.82) is 0 Å². The number of esters is 1. The van der Waals surface area contributed by atoms with Gasteiger partial charge in [0.2, 0.25) is 0 Å². The SMILES string of the molecule is COC(=O)CCc1cc2cc(O)ccn2n1. The first-order chi connectivity index (χ1) is 7.69. The van der Waals surface area contributed by atoms with Crippen LogP contribution in [0.3, 0.4) is 0 Å². The third-order valence-corrected chi connectivity index (χ3v) is 2.31. The molecule has 0 aliphatic carbocycles. The first kappa shape index (κ1) is 10.5. The van der Waals surface area contributed by atoms with Crippen LogP contribution in [0.15, 0.2) is 24.4 Å². The molecule has 0 spiro atoms. The van der Waals surface area contributed by atoms with E-state index in [1.807, 2.05) is 6.07 Å². The highest BCUT2D eigenvalue weighted by atomic mass is 16.5. The van der Waals surface area contributed by atoms with E-state index >= 15 is 0 Å². The van der Waals surface area contributed by atoms with Gasteiger partial charge in [0.1, 0.15) is 5.75 Å². The second kappa shape index (κ2) is 4.22. The Hall–Kier alpha value is -2.04. The molecule has 0 atom stereocenters. The Morgan fingerprint density at radius 3 is 3.12 bits per heavy atom. The molecule has 5 nitrogen and oxygen atoms in total. The van der Waals surface area contributed by atoms with Gasteiger partial charge < -0.3 is 9.84 Å². The predicted molar refractivity (Wildman–Crippen MR) is 57.2 cm³/mol. The average molecular weight is 220 g/mol. The summed E-state index contributed by atoms with van der Waals surface area (Å²) in [7, 11) is 1.37. The topological polar surface area (TPSA) is 63.8 Å². The molecule has 2 aromatic heterocycles. The minimum Gasteiger partial charge on any atom is -0.508 e. The Morgan fingerprint density at radius 1 is 1.56 bits per heavy atom. The third kappa shape index (κ3) is 2.13. The van der Waals surface area contributed by atoms with E-state index in [9.17, 15) is 9.90 Å². The van der Waals surface area contributed by atoms with Crippen LogP contribution in [0, 0.1) is 0 Å². The zero-order valence-corrected chi connectivity index (χ0v) is 8.88. The van der Waals surface area contributed by atoms with E-state index < -0.39 is 0 Å². The molecule has 0 saturated heterocycles. The van der Waals surface area contributed by atoms with Gasteiger partial charge in [0.25, 0.3) is 0 Å². The summed E-state index contributed by atoms with van der Waals surface area (Å²) in [6.07, 6.45) is 2.52. The minimum atomic E-state index is -0.250. The summed E-state index contributed by atoms with van der Waals surface area (Å²) < 4.78 is 6.21. The smallest absolute Gasteiger partial charge is 0.305 e. The Kier molecular flexibility index (Phi) is 2.76. The van der Waals surface area contributed by atoms with Gasteiger partial charge in [0, 0.05) is 18.7 Å². The maximum absolute atomic E-state index is 11.0. The molecule has 0 amide bonds. The van der Waals surface area contributed by atoms with Crippen molar-refractivity contribution in [2.24, 2.45) is 0 Å². The number of ether oxygens (including phenoxy) is 1. The summed E-state index contributed by atoms with van der Waals surface area (Å²) in [5.41, 5.74) is 1.61. The average Bonchev–Trinajstić information content (AvgIpc) is 2.67. The van der Waals surface area contributed by atoms with Gasteiger partial charge in [-0.15, -0.1) is 0 Å². The fourth-order valence-electron chi connectivity index (χ4n) is 1.49. The number of nitrogens with zero attached hydrogens (tertiary/aromatic N) is 2. The Labute approximate surface area is 92.3 Å². The van der Waals surface area contributed by atoms with Crippen LogP contribution < -0.4 is 0 Å². The van der Waals surface area contributed by atoms with E-state index in [0.717, 1.165) is 11.2 Å². The van der Waals surface area contributed by atoms with Gasteiger partial charge >= 0.3 is 5.97 Å². The van der Waals surface area contributed by atoms with Crippen LogP contribution in [0.5, 0.6) is 5.75 Å². The predicted octanol–water partition coefficient (Wildman–Crippen LogP) is 1.15. The third-order valence-electron chi connectivity index (χ3n) is 2.31. The number of methoxy groups -OCH3 is 1. The van der Waals surface area contributed by atoms with Gasteiger partial charge in [0.15, 0.2) is 0 Å². The lowest BCUT2D eigenvalue weighted by atomic mass is 10.2. The molecule has 2 rings (SSSR count). The summed E-state index contributed by atoms with van der Waals surface area (Å²) in [4.78, 5) is 11.0. The number of fused-ring (bicyclic) bond motifs is 1. The van der Waals surface area contributed by atoms with E-state index in [2.05, 4.69) is 9.84 Å². The highest BCUT2D eigenvalue weighted by molar-refractivity contribution is 5.69. The number of rotatable bonds is 3. The lowest BCUT2D eigenvalue weighted by molar-refractivity contribution is -0.140. The van der Waals surface area contributed by atoms with Crippen molar-refractivity contribution in [1.82, 2.24) is 9.61 Å². The van der Waals surface area contributed by atoms with Gasteiger partial charge in [-0.3, -0.25) is 4.79 Å². The molecule has 5 heteroatoms. The first-order valence-electron chi connectivity index (χ1n) is 4.93. The fourth-order valence-corrected chi connectivity index (χ4v) is 1.49. The second-order valence-electron chi connectivity index (χ2n) is 3.47. The molecule has 0 unspecified atom stereocenters. The molecule has 0 fully saturated rings. The maximum Gasteiger partial charge on any atom is 0.305 e. The highest BCUT2D eigenvalue weighted by Gasteiger charge is 2.05. The molecule has 0 aliphatic heterocycles. The number of aromatic hydroxyl groups is 1. The molecule has 84 valence electrons. The highest BCUT2D eigenvalue weighted by Crippen LogP contribution is 2.14. The van der Waals surface area contributed by atoms with Gasteiger partial charge in [-0.25, -0.2) is 4.52 Å². The molecule has 0 radical (unpaired) electrons.